The first-order chi connectivity index (χ1) is 14.1. The molecule has 2 heterocycles. The standard InChI is InChI=1S/C22H15FN4S2/c1-15(17-6-4-16(13-24)5-7-17)26-27-20(21-3-2-12-28-21)14-29-22(27)25-19-10-8-18(23)9-11-19/h2-12,14H,1H3. The van der Waals surface area contributed by atoms with E-state index in [1.165, 1.54) is 23.5 Å². The van der Waals surface area contributed by atoms with Crippen molar-refractivity contribution in [3.63, 3.8) is 0 Å². The highest BCUT2D eigenvalue weighted by Gasteiger charge is 2.10. The minimum absolute atomic E-state index is 0.294. The lowest BCUT2D eigenvalue weighted by molar-refractivity contribution is 0.628. The van der Waals surface area contributed by atoms with Crippen molar-refractivity contribution in [2.24, 2.45) is 10.1 Å². The second kappa shape index (κ2) is 8.35. The average Bonchev–Trinajstić information content (AvgIpc) is 3.40. The number of halogens is 1. The lowest BCUT2D eigenvalue weighted by Crippen LogP contribution is -2.13. The Morgan fingerprint density at radius 1 is 1.03 bits per heavy atom. The van der Waals surface area contributed by atoms with Crippen LogP contribution in [0, 0.1) is 17.1 Å². The molecule has 4 aromatic rings. The van der Waals surface area contributed by atoms with Gasteiger partial charge in [0.1, 0.15) is 5.82 Å². The smallest absolute Gasteiger partial charge is 0.211 e. The van der Waals surface area contributed by atoms with Crippen LogP contribution < -0.4 is 4.80 Å². The summed E-state index contributed by atoms with van der Waals surface area (Å²) in [5.74, 6) is -0.294. The summed E-state index contributed by atoms with van der Waals surface area (Å²) >= 11 is 3.10. The highest BCUT2D eigenvalue weighted by Crippen LogP contribution is 2.26. The maximum absolute atomic E-state index is 13.2. The fraction of sp³-hybridized carbons (Fsp3) is 0.0455. The number of nitriles is 1. The van der Waals surface area contributed by atoms with E-state index in [0.29, 0.717) is 16.1 Å². The molecule has 7 heteroatoms. The van der Waals surface area contributed by atoms with Crippen molar-refractivity contribution in [3.8, 4) is 16.6 Å². The molecule has 0 aliphatic carbocycles. The molecule has 29 heavy (non-hydrogen) atoms. The Labute approximate surface area is 175 Å². The van der Waals surface area contributed by atoms with Crippen molar-refractivity contribution in [1.29, 1.82) is 5.26 Å². The van der Waals surface area contributed by atoms with Crippen LogP contribution in [0.2, 0.25) is 0 Å². The molecule has 0 fully saturated rings. The zero-order valence-electron chi connectivity index (χ0n) is 15.4. The summed E-state index contributed by atoms with van der Waals surface area (Å²) in [6.07, 6.45) is 0. The van der Waals surface area contributed by atoms with E-state index in [1.807, 2.05) is 46.6 Å². The number of thiazole rings is 1. The number of aromatic nitrogens is 1. The van der Waals surface area contributed by atoms with Crippen LogP contribution in [0.1, 0.15) is 18.1 Å². The minimum Gasteiger partial charge on any atom is -0.220 e. The van der Waals surface area contributed by atoms with E-state index in [9.17, 15) is 4.39 Å². The van der Waals surface area contributed by atoms with E-state index in [0.717, 1.165) is 21.8 Å². The van der Waals surface area contributed by atoms with Gasteiger partial charge in [-0.1, -0.05) is 18.2 Å². The Morgan fingerprint density at radius 2 is 1.79 bits per heavy atom. The quantitative estimate of drug-likeness (QED) is 0.387. The van der Waals surface area contributed by atoms with Crippen LogP contribution in [0.5, 0.6) is 0 Å². The summed E-state index contributed by atoms with van der Waals surface area (Å²) in [6, 6.07) is 19.5. The molecule has 0 saturated heterocycles. The molecule has 0 N–H and O–H groups in total. The van der Waals surface area contributed by atoms with Gasteiger partial charge in [0.25, 0.3) is 0 Å². The normalized spacial score (nSPS) is 12.2. The van der Waals surface area contributed by atoms with Crippen LogP contribution in [0.25, 0.3) is 10.6 Å². The Balaban J connectivity index is 1.84. The molecule has 2 aromatic carbocycles. The van der Waals surface area contributed by atoms with Gasteiger partial charge in [0.2, 0.25) is 4.80 Å². The van der Waals surface area contributed by atoms with E-state index in [2.05, 4.69) is 11.1 Å². The van der Waals surface area contributed by atoms with Gasteiger partial charge in [-0.05, 0) is 60.3 Å². The minimum atomic E-state index is -0.294. The number of thiophene rings is 1. The van der Waals surface area contributed by atoms with Crippen LogP contribution in [-0.4, -0.2) is 10.4 Å². The summed E-state index contributed by atoms with van der Waals surface area (Å²) < 4.78 is 15.0. The van der Waals surface area contributed by atoms with Gasteiger partial charge in [-0.3, -0.25) is 0 Å². The monoisotopic (exact) mass is 418 g/mol. The first-order valence-electron chi connectivity index (χ1n) is 8.75. The van der Waals surface area contributed by atoms with Gasteiger partial charge in [0.05, 0.1) is 33.6 Å². The molecule has 2 aromatic heterocycles. The number of rotatable bonds is 4. The van der Waals surface area contributed by atoms with Crippen molar-refractivity contribution in [2.45, 2.75) is 6.92 Å². The largest absolute Gasteiger partial charge is 0.220 e. The molecule has 0 aliphatic rings. The Bertz CT molecular complexity index is 1260. The van der Waals surface area contributed by atoms with Gasteiger partial charge in [-0.2, -0.15) is 10.4 Å². The van der Waals surface area contributed by atoms with Crippen molar-refractivity contribution >= 4 is 34.1 Å². The summed E-state index contributed by atoms with van der Waals surface area (Å²) in [5.41, 5.74) is 3.93. The molecule has 142 valence electrons. The van der Waals surface area contributed by atoms with E-state index in [1.54, 1.807) is 35.6 Å². The van der Waals surface area contributed by atoms with Crippen LogP contribution >= 0.6 is 22.7 Å². The highest BCUT2D eigenvalue weighted by atomic mass is 32.1. The molecular weight excluding hydrogens is 403 g/mol. The van der Waals surface area contributed by atoms with Crippen molar-refractivity contribution < 1.29 is 4.39 Å². The van der Waals surface area contributed by atoms with Crippen molar-refractivity contribution in [3.05, 3.63) is 93.2 Å². The lowest BCUT2D eigenvalue weighted by Gasteiger charge is -2.05. The van der Waals surface area contributed by atoms with Crippen LogP contribution in [0.15, 0.2) is 81.5 Å². The van der Waals surface area contributed by atoms with Crippen molar-refractivity contribution in [1.82, 2.24) is 4.68 Å². The van der Waals surface area contributed by atoms with E-state index in [-0.39, 0.29) is 5.82 Å². The Hall–Kier alpha value is -3.34. The first kappa shape index (κ1) is 19.0. The van der Waals surface area contributed by atoms with E-state index in [4.69, 9.17) is 10.4 Å². The summed E-state index contributed by atoms with van der Waals surface area (Å²) in [6.45, 7) is 1.92. The van der Waals surface area contributed by atoms with Gasteiger partial charge in [-0.25, -0.2) is 14.1 Å². The zero-order chi connectivity index (χ0) is 20.2. The lowest BCUT2D eigenvalue weighted by atomic mass is 10.1. The second-order valence-corrected chi connectivity index (χ2v) is 7.94. The predicted molar refractivity (Wildman–Crippen MR) is 116 cm³/mol. The maximum atomic E-state index is 13.2. The number of nitrogens with zero attached hydrogens (tertiary/aromatic N) is 4. The van der Waals surface area contributed by atoms with Crippen LogP contribution in [0.3, 0.4) is 0 Å². The van der Waals surface area contributed by atoms with Gasteiger partial charge >= 0.3 is 0 Å². The fourth-order valence-corrected chi connectivity index (χ4v) is 4.33. The third-order valence-corrected chi connectivity index (χ3v) is 5.90. The topological polar surface area (TPSA) is 53.4 Å². The average molecular weight is 419 g/mol. The fourth-order valence-electron chi connectivity index (χ4n) is 2.69. The highest BCUT2D eigenvalue weighted by molar-refractivity contribution is 7.14. The van der Waals surface area contributed by atoms with Gasteiger partial charge in [0, 0.05) is 5.38 Å². The molecule has 0 aliphatic heterocycles. The zero-order valence-corrected chi connectivity index (χ0v) is 17.0. The molecule has 4 nitrogen and oxygen atoms in total. The molecular formula is C22H15FN4S2. The van der Waals surface area contributed by atoms with Gasteiger partial charge in [0.15, 0.2) is 0 Å². The molecule has 0 unspecified atom stereocenters. The molecule has 0 bridgehead atoms. The molecule has 0 radical (unpaired) electrons. The second-order valence-electron chi connectivity index (χ2n) is 6.16. The van der Waals surface area contributed by atoms with Gasteiger partial charge in [-0.15, -0.1) is 22.7 Å². The van der Waals surface area contributed by atoms with Crippen LogP contribution in [-0.2, 0) is 0 Å². The van der Waals surface area contributed by atoms with Crippen LogP contribution in [0.4, 0.5) is 10.1 Å². The Kier molecular flexibility index (Phi) is 5.47. The predicted octanol–water partition coefficient (Wildman–Crippen LogP) is 5.79. The summed E-state index contributed by atoms with van der Waals surface area (Å²) in [7, 11) is 0. The molecule has 0 amide bonds. The molecule has 0 saturated carbocycles. The van der Waals surface area contributed by atoms with Crippen molar-refractivity contribution in [2.75, 3.05) is 0 Å². The molecule has 0 spiro atoms. The molecule has 4 rings (SSSR count). The Morgan fingerprint density at radius 3 is 2.45 bits per heavy atom. The summed E-state index contributed by atoms with van der Waals surface area (Å²) in [5, 5.41) is 17.8. The molecule has 0 atom stereocenters. The van der Waals surface area contributed by atoms with Gasteiger partial charge < -0.3 is 0 Å². The maximum Gasteiger partial charge on any atom is 0.211 e. The number of hydrogen-bond donors (Lipinski definition) is 0. The number of hydrogen-bond acceptors (Lipinski definition) is 5. The van der Waals surface area contributed by atoms with E-state index >= 15 is 0 Å². The van der Waals surface area contributed by atoms with E-state index < -0.39 is 0 Å². The first-order valence-corrected chi connectivity index (χ1v) is 10.5. The number of benzene rings is 2. The summed E-state index contributed by atoms with van der Waals surface area (Å²) in [4.78, 5) is 6.43. The SMILES string of the molecule is CC(=Nn1c(-c2cccs2)csc1=Nc1ccc(F)cc1)c1ccc(C#N)cc1. The third kappa shape index (κ3) is 4.24. The third-order valence-electron chi connectivity index (χ3n) is 4.19.